The average molecular weight is 156 g/mol. The molecule has 6 heteroatoms. The van der Waals surface area contributed by atoms with Crippen LogP contribution < -0.4 is 16.6 Å². The van der Waals surface area contributed by atoms with Crippen LogP contribution >= 0.6 is 0 Å². The Labute approximate surface area is 64.5 Å². The summed E-state index contributed by atoms with van der Waals surface area (Å²) in [6.45, 7) is 1.33. The lowest BCUT2D eigenvalue weighted by molar-refractivity contribution is 0.750. The van der Waals surface area contributed by atoms with Gasteiger partial charge in [-0.15, -0.1) is 5.10 Å². The predicted molar refractivity (Wildman–Crippen MR) is 41.6 cm³/mol. The summed E-state index contributed by atoms with van der Waals surface area (Å²) in [7, 11) is 0. The number of hydrazine groups is 1. The molecular weight excluding hydrogens is 144 g/mol. The maximum Gasteiger partial charge on any atom is 0.184 e. The molecule has 0 spiro atoms. The number of hydrogen-bond donors (Lipinski definition) is 3. The van der Waals surface area contributed by atoms with Gasteiger partial charge in [0, 0.05) is 6.54 Å². The number of anilines is 1. The summed E-state index contributed by atoms with van der Waals surface area (Å²) in [5.74, 6) is 6.22. The first-order chi connectivity index (χ1) is 5.34. The second kappa shape index (κ2) is 3.89. The molecule has 62 valence electrons. The second-order valence-electron chi connectivity index (χ2n) is 2.16. The Balaban J connectivity index is 2.36. The summed E-state index contributed by atoms with van der Waals surface area (Å²) in [6.07, 6.45) is 2.42. The molecule has 0 bridgehead atoms. The summed E-state index contributed by atoms with van der Waals surface area (Å²) >= 11 is 0. The second-order valence-corrected chi connectivity index (χ2v) is 2.16. The summed E-state index contributed by atoms with van der Waals surface area (Å²) < 4.78 is 0. The van der Waals surface area contributed by atoms with Gasteiger partial charge in [0.05, 0.1) is 6.20 Å². The van der Waals surface area contributed by atoms with Crippen molar-refractivity contribution >= 4 is 5.82 Å². The van der Waals surface area contributed by atoms with E-state index >= 15 is 0 Å². The monoisotopic (exact) mass is 156 g/mol. The largest absolute Gasteiger partial charge is 0.330 e. The number of nitrogens with two attached hydrogens (primary N) is 2. The van der Waals surface area contributed by atoms with E-state index in [1.807, 2.05) is 0 Å². The van der Waals surface area contributed by atoms with Crippen molar-refractivity contribution in [2.75, 3.05) is 18.1 Å². The summed E-state index contributed by atoms with van der Waals surface area (Å²) in [5.41, 5.74) is 5.30. The van der Waals surface area contributed by atoms with Gasteiger partial charge in [0.15, 0.2) is 5.82 Å². The van der Waals surface area contributed by atoms with Crippen LogP contribution in [0.5, 0.6) is 0 Å². The molecule has 0 saturated heterocycles. The first kappa shape index (κ1) is 7.96. The lowest BCUT2D eigenvalue weighted by Crippen LogP contribution is -2.33. The molecule has 1 heterocycles. The first-order valence-corrected chi connectivity index (χ1v) is 3.42. The van der Waals surface area contributed by atoms with Crippen molar-refractivity contribution in [2.45, 2.75) is 6.42 Å². The van der Waals surface area contributed by atoms with Crippen LogP contribution in [0, 0.1) is 0 Å². The Bertz CT molecular complexity index is 183. The molecule has 5 N–H and O–H groups in total. The van der Waals surface area contributed by atoms with Crippen LogP contribution in [0.3, 0.4) is 0 Å². The zero-order valence-electron chi connectivity index (χ0n) is 6.20. The highest BCUT2D eigenvalue weighted by molar-refractivity contribution is 5.30. The fraction of sp³-hybridized carbons (Fsp3) is 0.600. The van der Waals surface area contributed by atoms with Gasteiger partial charge in [-0.3, -0.25) is 5.01 Å². The normalized spacial score (nSPS) is 10.0. The minimum absolute atomic E-state index is 0.631. The van der Waals surface area contributed by atoms with Crippen LogP contribution in [0.25, 0.3) is 0 Å². The molecule has 0 unspecified atom stereocenters. The Hall–Kier alpha value is -1.14. The summed E-state index contributed by atoms with van der Waals surface area (Å²) in [5, 5.41) is 11.4. The molecule has 0 amide bonds. The smallest absolute Gasteiger partial charge is 0.184 e. The minimum Gasteiger partial charge on any atom is -0.330 e. The van der Waals surface area contributed by atoms with Crippen molar-refractivity contribution < 1.29 is 0 Å². The lowest BCUT2D eigenvalue weighted by atomic mass is 10.4. The number of H-pyrrole nitrogens is 1. The fourth-order valence-corrected chi connectivity index (χ4v) is 0.710. The number of aromatic amines is 1. The van der Waals surface area contributed by atoms with E-state index in [0.29, 0.717) is 18.9 Å². The SMILES string of the molecule is NCCCN(N)c1cn[nH]n1. The molecule has 0 aliphatic heterocycles. The highest BCUT2D eigenvalue weighted by Gasteiger charge is 2.01. The molecule has 0 aliphatic carbocycles. The van der Waals surface area contributed by atoms with E-state index in [2.05, 4.69) is 15.4 Å². The third-order valence-electron chi connectivity index (χ3n) is 1.30. The number of rotatable bonds is 4. The maximum absolute atomic E-state index is 5.58. The Morgan fingerprint density at radius 3 is 3.00 bits per heavy atom. The van der Waals surface area contributed by atoms with Crippen LogP contribution in [0.15, 0.2) is 6.20 Å². The highest BCUT2D eigenvalue weighted by Crippen LogP contribution is 2.00. The van der Waals surface area contributed by atoms with Crippen LogP contribution in [-0.4, -0.2) is 28.5 Å². The van der Waals surface area contributed by atoms with Gasteiger partial charge in [-0.05, 0) is 13.0 Å². The van der Waals surface area contributed by atoms with Gasteiger partial charge in [-0.2, -0.15) is 10.3 Å². The van der Waals surface area contributed by atoms with Gasteiger partial charge in [0.25, 0.3) is 0 Å². The van der Waals surface area contributed by atoms with E-state index in [0.717, 1.165) is 6.42 Å². The zero-order valence-corrected chi connectivity index (χ0v) is 6.20. The predicted octanol–water partition coefficient (Wildman–Crippen LogP) is -1.17. The maximum atomic E-state index is 5.58. The third-order valence-corrected chi connectivity index (χ3v) is 1.30. The van der Waals surface area contributed by atoms with Crippen LogP contribution in [0.2, 0.25) is 0 Å². The summed E-state index contributed by atoms with van der Waals surface area (Å²) in [4.78, 5) is 0. The molecule has 0 aliphatic rings. The molecular formula is C5H12N6. The van der Waals surface area contributed by atoms with Gasteiger partial charge < -0.3 is 5.73 Å². The number of nitrogens with one attached hydrogen (secondary N) is 1. The number of nitrogens with zero attached hydrogens (tertiary/aromatic N) is 3. The quantitative estimate of drug-likeness (QED) is 0.377. The Morgan fingerprint density at radius 1 is 1.64 bits per heavy atom. The third kappa shape index (κ3) is 2.17. The molecule has 0 radical (unpaired) electrons. The summed E-state index contributed by atoms with van der Waals surface area (Å²) in [6, 6.07) is 0. The van der Waals surface area contributed by atoms with Crippen molar-refractivity contribution in [3.05, 3.63) is 6.20 Å². The molecule has 1 rings (SSSR count). The fourth-order valence-electron chi connectivity index (χ4n) is 0.710. The van der Waals surface area contributed by atoms with Crippen molar-refractivity contribution in [1.82, 2.24) is 15.4 Å². The molecule has 0 aromatic carbocycles. The number of hydrogen-bond acceptors (Lipinski definition) is 5. The molecule has 0 saturated carbocycles. The molecule has 0 atom stereocenters. The molecule has 11 heavy (non-hydrogen) atoms. The van der Waals surface area contributed by atoms with Crippen molar-refractivity contribution in [3.63, 3.8) is 0 Å². The van der Waals surface area contributed by atoms with Gasteiger partial charge in [-0.1, -0.05) is 0 Å². The topological polar surface area (TPSA) is 96.9 Å². The van der Waals surface area contributed by atoms with Crippen LogP contribution in [0.1, 0.15) is 6.42 Å². The van der Waals surface area contributed by atoms with E-state index < -0.39 is 0 Å². The van der Waals surface area contributed by atoms with Gasteiger partial charge in [0.1, 0.15) is 0 Å². The Kier molecular flexibility index (Phi) is 2.82. The van der Waals surface area contributed by atoms with Gasteiger partial charge in [-0.25, -0.2) is 5.84 Å². The van der Waals surface area contributed by atoms with E-state index in [1.54, 1.807) is 6.20 Å². The van der Waals surface area contributed by atoms with E-state index in [1.165, 1.54) is 5.01 Å². The standard InChI is InChI=1S/C5H12N6/c6-2-1-3-11(7)5-4-8-10-9-5/h4H,1-3,6-7H2,(H,8,9,10). The molecule has 1 aromatic rings. The molecule has 6 nitrogen and oxygen atoms in total. The van der Waals surface area contributed by atoms with E-state index in [4.69, 9.17) is 11.6 Å². The highest BCUT2D eigenvalue weighted by atomic mass is 15.5. The minimum atomic E-state index is 0.631. The van der Waals surface area contributed by atoms with Gasteiger partial charge >= 0.3 is 0 Å². The Morgan fingerprint density at radius 2 is 2.45 bits per heavy atom. The lowest BCUT2D eigenvalue weighted by Gasteiger charge is -2.13. The van der Waals surface area contributed by atoms with E-state index in [-0.39, 0.29) is 0 Å². The molecule has 0 fully saturated rings. The first-order valence-electron chi connectivity index (χ1n) is 3.42. The van der Waals surface area contributed by atoms with E-state index in [9.17, 15) is 0 Å². The van der Waals surface area contributed by atoms with Crippen molar-refractivity contribution in [3.8, 4) is 0 Å². The zero-order chi connectivity index (χ0) is 8.10. The van der Waals surface area contributed by atoms with Crippen LogP contribution in [-0.2, 0) is 0 Å². The molecule has 1 aromatic heterocycles. The average Bonchev–Trinajstić information content (AvgIpc) is 2.52. The van der Waals surface area contributed by atoms with Crippen molar-refractivity contribution in [2.24, 2.45) is 11.6 Å². The van der Waals surface area contributed by atoms with Crippen LogP contribution in [0.4, 0.5) is 5.82 Å². The van der Waals surface area contributed by atoms with Crippen molar-refractivity contribution in [1.29, 1.82) is 0 Å². The number of aromatic nitrogens is 3. The van der Waals surface area contributed by atoms with Gasteiger partial charge in [0.2, 0.25) is 0 Å².